The number of furan rings is 1. The fourth-order valence-corrected chi connectivity index (χ4v) is 3.34. The number of fused-ring (bicyclic) bond motifs is 1. The van der Waals surface area contributed by atoms with Crippen molar-refractivity contribution < 1.29 is 4.42 Å². The molecule has 1 aliphatic heterocycles. The third-order valence-corrected chi connectivity index (χ3v) is 4.68. The van der Waals surface area contributed by atoms with Gasteiger partial charge in [-0.2, -0.15) is 0 Å². The van der Waals surface area contributed by atoms with Crippen molar-refractivity contribution >= 4 is 11.0 Å². The van der Waals surface area contributed by atoms with Crippen LogP contribution in [0.2, 0.25) is 0 Å². The minimum atomic E-state index is 0.676. The molecule has 1 saturated heterocycles. The lowest BCUT2D eigenvalue weighted by atomic mass is 10.1. The molecule has 0 amide bonds. The zero-order chi connectivity index (χ0) is 14.8. The lowest BCUT2D eigenvalue weighted by Gasteiger charge is -2.20. The maximum Gasteiger partial charge on any atom is 0.134 e. The van der Waals surface area contributed by atoms with Crippen LogP contribution in [-0.2, 0) is 6.54 Å². The lowest BCUT2D eigenvalue weighted by molar-refractivity contribution is 0.264. The van der Waals surface area contributed by atoms with Crippen LogP contribution >= 0.6 is 0 Å². The smallest absolute Gasteiger partial charge is 0.134 e. The van der Waals surface area contributed by atoms with E-state index in [1.807, 2.05) is 12.1 Å². The maximum absolute atomic E-state index is 5.82. The molecule has 1 unspecified atom stereocenters. The van der Waals surface area contributed by atoms with E-state index in [1.165, 1.54) is 30.5 Å². The normalized spacial score (nSPS) is 19.9. The van der Waals surface area contributed by atoms with Crippen LogP contribution in [0.3, 0.4) is 0 Å². The standard InChI is InChI=1S/C18H26N2O/c1-13(2)20-9-8-15(12-20)10-19-11-17-14(3)21-18-7-5-4-6-16(17)18/h4-7,13,15,19H,8-12H2,1-3H3. The molecule has 1 aromatic heterocycles. The van der Waals surface area contributed by atoms with Crippen molar-refractivity contribution in [1.29, 1.82) is 0 Å². The molecular formula is C18H26N2O. The monoisotopic (exact) mass is 286 g/mol. The zero-order valence-corrected chi connectivity index (χ0v) is 13.4. The summed E-state index contributed by atoms with van der Waals surface area (Å²) in [5.41, 5.74) is 2.31. The fourth-order valence-electron chi connectivity index (χ4n) is 3.34. The van der Waals surface area contributed by atoms with Gasteiger partial charge in [-0.15, -0.1) is 0 Å². The first-order valence-corrected chi connectivity index (χ1v) is 8.07. The van der Waals surface area contributed by atoms with E-state index in [1.54, 1.807) is 0 Å². The average molecular weight is 286 g/mol. The molecule has 2 heterocycles. The van der Waals surface area contributed by atoms with Crippen LogP contribution in [0.4, 0.5) is 0 Å². The van der Waals surface area contributed by atoms with Gasteiger partial charge in [-0.05, 0) is 52.3 Å². The molecule has 1 aliphatic rings. The SMILES string of the molecule is Cc1oc2ccccc2c1CNCC1CCN(C(C)C)C1. The molecule has 1 atom stereocenters. The molecule has 0 spiro atoms. The summed E-state index contributed by atoms with van der Waals surface area (Å²) in [6, 6.07) is 8.98. The van der Waals surface area contributed by atoms with Crippen LogP contribution in [0.5, 0.6) is 0 Å². The Hall–Kier alpha value is -1.32. The second kappa shape index (κ2) is 6.20. The summed E-state index contributed by atoms with van der Waals surface area (Å²) in [5.74, 6) is 1.82. The van der Waals surface area contributed by atoms with Gasteiger partial charge in [-0.3, -0.25) is 0 Å². The highest BCUT2D eigenvalue weighted by Crippen LogP contribution is 2.25. The van der Waals surface area contributed by atoms with E-state index < -0.39 is 0 Å². The van der Waals surface area contributed by atoms with E-state index in [2.05, 4.69) is 43.1 Å². The Balaban J connectivity index is 1.57. The number of hydrogen-bond donors (Lipinski definition) is 1. The molecule has 21 heavy (non-hydrogen) atoms. The van der Waals surface area contributed by atoms with Crippen molar-refractivity contribution in [3.8, 4) is 0 Å². The first-order valence-electron chi connectivity index (χ1n) is 8.07. The predicted octanol–water partition coefficient (Wildman–Crippen LogP) is 3.56. The number of benzene rings is 1. The third kappa shape index (κ3) is 3.14. The molecule has 3 heteroatoms. The van der Waals surface area contributed by atoms with Gasteiger partial charge in [0.15, 0.2) is 0 Å². The summed E-state index contributed by atoms with van der Waals surface area (Å²) in [4.78, 5) is 2.57. The van der Waals surface area contributed by atoms with E-state index in [0.717, 1.165) is 30.4 Å². The van der Waals surface area contributed by atoms with Crippen molar-refractivity contribution in [3.05, 3.63) is 35.6 Å². The summed E-state index contributed by atoms with van der Waals surface area (Å²) in [7, 11) is 0. The fraction of sp³-hybridized carbons (Fsp3) is 0.556. The van der Waals surface area contributed by atoms with Gasteiger partial charge < -0.3 is 14.6 Å². The second-order valence-electron chi connectivity index (χ2n) is 6.51. The van der Waals surface area contributed by atoms with Gasteiger partial charge in [0.05, 0.1) is 0 Å². The molecule has 3 nitrogen and oxygen atoms in total. The van der Waals surface area contributed by atoms with Gasteiger partial charge in [-0.1, -0.05) is 18.2 Å². The summed E-state index contributed by atoms with van der Waals surface area (Å²) >= 11 is 0. The Labute approximate surface area is 127 Å². The van der Waals surface area contributed by atoms with E-state index in [4.69, 9.17) is 4.42 Å². The highest BCUT2D eigenvalue weighted by molar-refractivity contribution is 5.82. The largest absolute Gasteiger partial charge is 0.461 e. The van der Waals surface area contributed by atoms with Crippen molar-refractivity contribution in [2.24, 2.45) is 5.92 Å². The predicted molar refractivity (Wildman–Crippen MR) is 87.5 cm³/mol. The highest BCUT2D eigenvalue weighted by atomic mass is 16.3. The van der Waals surface area contributed by atoms with E-state index >= 15 is 0 Å². The second-order valence-corrected chi connectivity index (χ2v) is 6.51. The average Bonchev–Trinajstić information content (AvgIpc) is 3.04. The Morgan fingerprint density at radius 1 is 1.33 bits per heavy atom. The number of para-hydroxylation sites is 1. The van der Waals surface area contributed by atoms with E-state index in [9.17, 15) is 0 Å². The molecule has 1 N–H and O–H groups in total. The van der Waals surface area contributed by atoms with Crippen molar-refractivity contribution in [1.82, 2.24) is 10.2 Å². The maximum atomic E-state index is 5.82. The summed E-state index contributed by atoms with van der Waals surface area (Å²) in [5, 5.41) is 4.88. The summed E-state index contributed by atoms with van der Waals surface area (Å²) in [6.45, 7) is 11.1. The van der Waals surface area contributed by atoms with Gasteiger partial charge >= 0.3 is 0 Å². The Kier molecular flexibility index (Phi) is 4.32. The molecule has 1 aromatic carbocycles. The zero-order valence-electron chi connectivity index (χ0n) is 13.4. The molecule has 114 valence electrons. The lowest BCUT2D eigenvalue weighted by Crippen LogP contribution is -2.30. The number of hydrogen-bond acceptors (Lipinski definition) is 3. The molecule has 0 bridgehead atoms. The van der Waals surface area contributed by atoms with E-state index in [-0.39, 0.29) is 0 Å². The Morgan fingerprint density at radius 3 is 2.90 bits per heavy atom. The van der Waals surface area contributed by atoms with Gasteiger partial charge in [0.1, 0.15) is 11.3 Å². The quantitative estimate of drug-likeness (QED) is 0.911. The van der Waals surface area contributed by atoms with Crippen molar-refractivity contribution in [3.63, 3.8) is 0 Å². The number of rotatable bonds is 5. The molecule has 2 aromatic rings. The van der Waals surface area contributed by atoms with Crippen LogP contribution in [0, 0.1) is 12.8 Å². The van der Waals surface area contributed by atoms with E-state index in [0.29, 0.717) is 6.04 Å². The van der Waals surface area contributed by atoms with Crippen molar-refractivity contribution in [2.75, 3.05) is 19.6 Å². The van der Waals surface area contributed by atoms with Crippen LogP contribution in [0.15, 0.2) is 28.7 Å². The number of nitrogens with zero attached hydrogens (tertiary/aromatic N) is 1. The van der Waals surface area contributed by atoms with Gasteiger partial charge in [0.25, 0.3) is 0 Å². The van der Waals surface area contributed by atoms with Crippen LogP contribution < -0.4 is 5.32 Å². The molecule has 0 saturated carbocycles. The van der Waals surface area contributed by atoms with Gasteiger partial charge in [0, 0.05) is 30.1 Å². The molecule has 1 fully saturated rings. The molecule has 3 rings (SSSR count). The highest BCUT2D eigenvalue weighted by Gasteiger charge is 2.23. The Morgan fingerprint density at radius 2 is 2.14 bits per heavy atom. The topological polar surface area (TPSA) is 28.4 Å². The number of likely N-dealkylation sites (tertiary alicyclic amines) is 1. The van der Waals surface area contributed by atoms with Gasteiger partial charge in [-0.25, -0.2) is 0 Å². The van der Waals surface area contributed by atoms with Crippen molar-refractivity contribution in [2.45, 2.75) is 39.8 Å². The summed E-state index contributed by atoms with van der Waals surface area (Å²) < 4.78 is 5.82. The van der Waals surface area contributed by atoms with Crippen LogP contribution in [-0.4, -0.2) is 30.6 Å². The van der Waals surface area contributed by atoms with Crippen LogP contribution in [0.1, 0.15) is 31.6 Å². The molecule has 0 aliphatic carbocycles. The minimum Gasteiger partial charge on any atom is -0.461 e. The number of aryl methyl sites for hydroxylation is 1. The summed E-state index contributed by atoms with van der Waals surface area (Å²) in [6.07, 6.45) is 1.32. The van der Waals surface area contributed by atoms with Gasteiger partial charge in [0.2, 0.25) is 0 Å². The number of nitrogens with one attached hydrogen (secondary N) is 1. The minimum absolute atomic E-state index is 0.676. The first-order chi connectivity index (χ1) is 10.1. The first kappa shape index (κ1) is 14.6. The van der Waals surface area contributed by atoms with Crippen LogP contribution in [0.25, 0.3) is 11.0 Å². The molecule has 0 radical (unpaired) electrons. The Bertz CT molecular complexity index is 602. The molecular weight excluding hydrogens is 260 g/mol. The third-order valence-electron chi connectivity index (χ3n) is 4.68.